The third kappa shape index (κ3) is 4.62. The number of hydrogen-bond acceptors (Lipinski definition) is 6. The predicted molar refractivity (Wildman–Crippen MR) is 109 cm³/mol. The highest BCUT2D eigenvalue weighted by Gasteiger charge is 2.34. The van der Waals surface area contributed by atoms with Crippen LogP contribution in [0, 0.1) is 5.92 Å². The topological polar surface area (TPSA) is 41.5 Å². The molecule has 3 fully saturated rings. The van der Waals surface area contributed by atoms with Gasteiger partial charge < -0.3 is 4.74 Å². The molecule has 3 saturated heterocycles. The Morgan fingerprint density at radius 1 is 1.00 bits per heavy atom. The smallest absolute Gasteiger partial charge is 0.187 e. The Balaban J connectivity index is 1.40. The molecular weight excluding hydrogens is 356 g/mol. The summed E-state index contributed by atoms with van der Waals surface area (Å²) < 4.78 is 5.28. The van der Waals surface area contributed by atoms with Crippen LogP contribution >= 0.6 is 11.8 Å². The molecule has 1 aromatic heterocycles. The molecular formula is C21H28N4OS. The van der Waals surface area contributed by atoms with Gasteiger partial charge in [0, 0.05) is 56.7 Å². The van der Waals surface area contributed by atoms with E-state index < -0.39 is 0 Å². The molecule has 2 atom stereocenters. The molecule has 0 radical (unpaired) electrons. The zero-order valence-electron chi connectivity index (χ0n) is 16.2. The molecule has 6 heteroatoms. The van der Waals surface area contributed by atoms with Crippen molar-refractivity contribution in [2.24, 2.45) is 5.92 Å². The van der Waals surface area contributed by atoms with E-state index in [-0.39, 0.29) is 0 Å². The summed E-state index contributed by atoms with van der Waals surface area (Å²) in [4.78, 5) is 14.2. The molecule has 27 heavy (non-hydrogen) atoms. The van der Waals surface area contributed by atoms with E-state index in [0.717, 1.165) is 36.5 Å². The van der Waals surface area contributed by atoms with Gasteiger partial charge in [0.15, 0.2) is 5.16 Å². The van der Waals surface area contributed by atoms with Crippen LogP contribution < -0.4 is 4.74 Å². The number of benzene rings is 1. The Bertz CT molecular complexity index is 735. The van der Waals surface area contributed by atoms with Gasteiger partial charge in [0.25, 0.3) is 0 Å². The number of fused-ring (bicyclic) bond motifs is 4. The van der Waals surface area contributed by atoms with Gasteiger partial charge in [0.2, 0.25) is 0 Å². The quantitative estimate of drug-likeness (QED) is 0.562. The monoisotopic (exact) mass is 384 g/mol. The Morgan fingerprint density at radius 2 is 1.78 bits per heavy atom. The lowest BCUT2D eigenvalue weighted by atomic mass is 9.95. The maximum atomic E-state index is 5.28. The minimum atomic E-state index is 0.627. The summed E-state index contributed by atoms with van der Waals surface area (Å²) >= 11 is 1.59. The second-order valence-electron chi connectivity index (χ2n) is 7.65. The van der Waals surface area contributed by atoms with Gasteiger partial charge in [-0.25, -0.2) is 9.97 Å². The van der Waals surface area contributed by atoms with E-state index in [0.29, 0.717) is 6.04 Å². The number of ether oxygens (including phenoxy) is 1. The van der Waals surface area contributed by atoms with E-state index in [1.165, 1.54) is 37.1 Å². The highest BCUT2D eigenvalue weighted by molar-refractivity contribution is 7.98. The number of hydrogen-bond donors (Lipinski definition) is 0. The van der Waals surface area contributed by atoms with E-state index >= 15 is 0 Å². The van der Waals surface area contributed by atoms with E-state index in [9.17, 15) is 0 Å². The number of rotatable bonds is 6. The molecule has 0 spiro atoms. The molecule has 0 saturated carbocycles. The van der Waals surface area contributed by atoms with Crippen molar-refractivity contribution in [3.63, 3.8) is 0 Å². The average molecular weight is 385 g/mol. The Labute approximate surface area is 166 Å². The van der Waals surface area contributed by atoms with Gasteiger partial charge in [-0.1, -0.05) is 23.9 Å². The fraction of sp³-hybridized carbons (Fsp3) is 0.524. The molecule has 3 aliphatic heterocycles. The highest BCUT2D eigenvalue weighted by atomic mass is 32.2. The van der Waals surface area contributed by atoms with Crippen LogP contribution in [-0.4, -0.2) is 58.8 Å². The van der Waals surface area contributed by atoms with Crippen LogP contribution in [0.4, 0.5) is 0 Å². The number of piperidine rings is 1. The minimum Gasteiger partial charge on any atom is -0.497 e. The van der Waals surface area contributed by atoms with Crippen molar-refractivity contribution >= 4 is 11.8 Å². The first-order chi connectivity index (χ1) is 13.2. The molecule has 4 heterocycles. The van der Waals surface area contributed by atoms with Crippen molar-refractivity contribution in [3.05, 3.63) is 47.8 Å². The normalized spacial score (nSPS) is 23.3. The lowest BCUT2D eigenvalue weighted by Gasteiger charge is -2.36. The van der Waals surface area contributed by atoms with Crippen molar-refractivity contribution in [2.75, 3.05) is 33.0 Å². The molecule has 3 aliphatic rings. The third-order valence-electron chi connectivity index (χ3n) is 5.72. The predicted octanol–water partition coefficient (Wildman–Crippen LogP) is 3.30. The molecule has 144 valence electrons. The maximum absolute atomic E-state index is 5.28. The number of methoxy groups -OCH3 is 1. The van der Waals surface area contributed by atoms with Gasteiger partial charge in [0.05, 0.1) is 7.11 Å². The van der Waals surface area contributed by atoms with Gasteiger partial charge in [-0.3, -0.25) is 9.80 Å². The SMILES string of the molecule is COc1ccc(CN2C[C@H]3CC[C@@H](C2)N(Cc2cnc(SC)nc2)C3)cc1. The molecule has 5 rings (SSSR count). The van der Waals surface area contributed by atoms with E-state index in [1.54, 1.807) is 18.9 Å². The first-order valence-corrected chi connectivity index (χ1v) is 10.9. The molecule has 1 aromatic carbocycles. The molecule has 0 N–H and O–H groups in total. The molecule has 2 aromatic rings. The summed E-state index contributed by atoms with van der Waals surface area (Å²) in [5.41, 5.74) is 2.59. The molecule has 0 aliphatic carbocycles. The minimum absolute atomic E-state index is 0.627. The lowest BCUT2D eigenvalue weighted by molar-refractivity contribution is 0.123. The van der Waals surface area contributed by atoms with Gasteiger partial charge >= 0.3 is 0 Å². The van der Waals surface area contributed by atoms with Gasteiger partial charge in [-0.2, -0.15) is 0 Å². The number of thioether (sulfide) groups is 1. The van der Waals surface area contributed by atoms with Gasteiger partial charge in [0.1, 0.15) is 5.75 Å². The zero-order valence-corrected chi connectivity index (χ0v) is 17.0. The molecule has 0 amide bonds. The van der Waals surface area contributed by atoms with Crippen LogP contribution in [0.2, 0.25) is 0 Å². The van der Waals surface area contributed by atoms with Gasteiger partial charge in [-0.05, 0) is 42.7 Å². The van der Waals surface area contributed by atoms with E-state index in [4.69, 9.17) is 4.74 Å². The van der Waals surface area contributed by atoms with Crippen molar-refractivity contribution in [3.8, 4) is 5.75 Å². The summed E-state index contributed by atoms with van der Waals surface area (Å²) in [6.45, 7) is 5.52. The molecule has 2 bridgehead atoms. The average Bonchev–Trinajstić information content (AvgIpc) is 3.00. The lowest BCUT2D eigenvalue weighted by Crippen LogP contribution is -2.43. The Morgan fingerprint density at radius 3 is 2.48 bits per heavy atom. The summed E-state index contributed by atoms with van der Waals surface area (Å²) in [6, 6.07) is 9.13. The fourth-order valence-corrected chi connectivity index (χ4v) is 4.67. The third-order valence-corrected chi connectivity index (χ3v) is 6.29. The number of nitrogens with zero attached hydrogens (tertiary/aromatic N) is 4. The van der Waals surface area contributed by atoms with Crippen molar-refractivity contribution in [1.82, 2.24) is 19.8 Å². The van der Waals surface area contributed by atoms with Crippen molar-refractivity contribution in [2.45, 2.75) is 37.1 Å². The van der Waals surface area contributed by atoms with Crippen molar-refractivity contribution < 1.29 is 4.74 Å². The van der Waals surface area contributed by atoms with Gasteiger partial charge in [-0.15, -0.1) is 0 Å². The Hall–Kier alpha value is -1.63. The Kier molecular flexibility index (Phi) is 5.95. The first kappa shape index (κ1) is 18.7. The zero-order chi connectivity index (χ0) is 18.6. The second-order valence-corrected chi connectivity index (χ2v) is 8.42. The van der Waals surface area contributed by atoms with Crippen LogP contribution in [0.5, 0.6) is 5.75 Å². The van der Waals surface area contributed by atoms with Crippen LogP contribution in [0.15, 0.2) is 41.8 Å². The standard InChI is InChI=1S/C21H28N4OS/c1-26-20-7-4-16(5-8-20)11-24-12-17-3-6-19(15-24)25(13-17)14-18-9-22-21(27-2)23-10-18/h4-5,7-10,17,19H,3,6,11-15H2,1-2H3/t17-,19+/m1/s1. The summed E-state index contributed by atoms with van der Waals surface area (Å²) in [7, 11) is 1.72. The highest BCUT2D eigenvalue weighted by Crippen LogP contribution is 2.30. The van der Waals surface area contributed by atoms with Crippen LogP contribution in [0.3, 0.4) is 0 Å². The van der Waals surface area contributed by atoms with E-state index in [2.05, 4.69) is 44.0 Å². The van der Waals surface area contributed by atoms with Crippen LogP contribution in [0.25, 0.3) is 0 Å². The summed E-state index contributed by atoms with van der Waals surface area (Å²) in [5.74, 6) is 1.68. The van der Waals surface area contributed by atoms with E-state index in [1.807, 2.05) is 18.6 Å². The largest absolute Gasteiger partial charge is 0.497 e. The van der Waals surface area contributed by atoms with Crippen molar-refractivity contribution in [1.29, 1.82) is 0 Å². The summed E-state index contributed by atoms with van der Waals surface area (Å²) in [6.07, 6.45) is 8.65. The van der Waals surface area contributed by atoms with Crippen LogP contribution in [0.1, 0.15) is 24.0 Å². The fourth-order valence-electron chi connectivity index (χ4n) is 4.35. The maximum Gasteiger partial charge on any atom is 0.187 e. The molecule has 5 nitrogen and oxygen atoms in total. The second kappa shape index (κ2) is 8.59. The first-order valence-electron chi connectivity index (χ1n) is 9.67. The number of aromatic nitrogens is 2. The molecule has 0 unspecified atom stereocenters. The summed E-state index contributed by atoms with van der Waals surface area (Å²) in [5, 5.41) is 0.849. The van der Waals surface area contributed by atoms with Crippen LogP contribution in [-0.2, 0) is 13.1 Å².